The molecule has 1 heterocycles. The number of carbonyl (C=O) groups excluding carboxylic acids is 1. The third-order valence-electron chi connectivity index (χ3n) is 3.60. The first kappa shape index (κ1) is 18.9. The van der Waals surface area contributed by atoms with E-state index in [-0.39, 0.29) is 5.69 Å². The number of hydrogen-bond acceptors (Lipinski definition) is 5. The van der Waals surface area contributed by atoms with Crippen LogP contribution in [0, 0.1) is 0 Å². The van der Waals surface area contributed by atoms with Crippen LogP contribution in [0.25, 0.3) is 0 Å². The van der Waals surface area contributed by atoms with Crippen molar-refractivity contribution in [2.24, 2.45) is 7.05 Å². The van der Waals surface area contributed by atoms with Gasteiger partial charge >= 0.3 is 6.18 Å². The van der Waals surface area contributed by atoms with Gasteiger partial charge in [0.25, 0.3) is 0 Å². The van der Waals surface area contributed by atoms with Gasteiger partial charge in [-0.25, -0.2) is 4.68 Å². The lowest BCUT2D eigenvalue weighted by Crippen LogP contribution is -2.20. The number of halogens is 3. The molecular weight excluding hydrogens is 379 g/mol. The molecule has 0 saturated heterocycles. The van der Waals surface area contributed by atoms with Gasteiger partial charge in [-0.2, -0.15) is 13.2 Å². The number of alkyl halides is 3. The summed E-state index contributed by atoms with van der Waals surface area (Å²) in [5.41, 5.74) is -0.0934. The molecule has 0 unspecified atom stereocenters. The zero-order valence-corrected chi connectivity index (χ0v) is 14.8. The number of tetrazole rings is 1. The molecule has 0 aliphatic rings. The van der Waals surface area contributed by atoms with Crippen LogP contribution in [0.15, 0.2) is 59.8 Å². The molecule has 1 atom stereocenters. The van der Waals surface area contributed by atoms with Crippen molar-refractivity contribution in [3.63, 3.8) is 0 Å². The number of aromatic nitrogens is 4. The summed E-state index contributed by atoms with van der Waals surface area (Å²) in [6, 6.07) is 13.4. The highest BCUT2D eigenvalue weighted by atomic mass is 32.2. The zero-order valence-electron chi connectivity index (χ0n) is 14.0. The van der Waals surface area contributed by atoms with Crippen molar-refractivity contribution in [1.29, 1.82) is 0 Å². The van der Waals surface area contributed by atoms with Crippen LogP contribution in [0.3, 0.4) is 0 Å². The number of nitrogens with one attached hydrogen (secondary N) is 1. The SMILES string of the molecule is Cn1nnnc1S[C@H](C(=O)Nc1cccc(C(F)(F)F)c1)c1ccccc1. The molecule has 3 aromatic rings. The Labute approximate surface area is 156 Å². The Kier molecular flexibility index (Phi) is 5.45. The van der Waals surface area contributed by atoms with E-state index in [1.54, 1.807) is 37.4 Å². The predicted octanol–water partition coefficient (Wildman–Crippen LogP) is 3.70. The zero-order chi connectivity index (χ0) is 19.4. The van der Waals surface area contributed by atoms with E-state index >= 15 is 0 Å². The molecule has 0 bridgehead atoms. The molecular formula is C17H14F3N5OS. The van der Waals surface area contributed by atoms with Gasteiger partial charge in [0.1, 0.15) is 5.25 Å². The molecule has 1 aromatic heterocycles. The second kappa shape index (κ2) is 7.78. The molecule has 27 heavy (non-hydrogen) atoms. The number of nitrogens with zero attached hydrogens (tertiary/aromatic N) is 4. The molecule has 0 spiro atoms. The third kappa shape index (κ3) is 4.64. The predicted molar refractivity (Wildman–Crippen MR) is 93.9 cm³/mol. The fourth-order valence-electron chi connectivity index (χ4n) is 2.31. The Morgan fingerprint density at radius 3 is 2.52 bits per heavy atom. The summed E-state index contributed by atoms with van der Waals surface area (Å²) >= 11 is 1.10. The van der Waals surface area contributed by atoms with E-state index in [1.165, 1.54) is 16.8 Å². The summed E-state index contributed by atoms with van der Waals surface area (Å²) in [6.07, 6.45) is -4.49. The van der Waals surface area contributed by atoms with Crippen molar-refractivity contribution in [3.05, 3.63) is 65.7 Å². The van der Waals surface area contributed by atoms with Gasteiger partial charge in [0.05, 0.1) is 5.56 Å². The molecule has 10 heteroatoms. The standard InChI is InChI=1S/C17H14F3N5OS/c1-25-16(22-23-24-25)27-14(11-6-3-2-4-7-11)15(26)21-13-9-5-8-12(10-13)17(18,19)20/h2-10,14H,1H3,(H,21,26)/t14-/m0/s1. The van der Waals surface area contributed by atoms with Gasteiger partial charge in [0.2, 0.25) is 11.1 Å². The second-order valence-electron chi connectivity index (χ2n) is 5.56. The number of thioether (sulfide) groups is 1. The molecule has 6 nitrogen and oxygen atoms in total. The highest BCUT2D eigenvalue weighted by Crippen LogP contribution is 2.35. The molecule has 1 N–H and O–H groups in total. The monoisotopic (exact) mass is 393 g/mol. The molecule has 3 rings (SSSR count). The summed E-state index contributed by atoms with van der Waals surface area (Å²) in [5.74, 6) is -0.478. The van der Waals surface area contributed by atoms with Crippen LogP contribution in [0.1, 0.15) is 16.4 Å². The minimum atomic E-state index is -4.49. The molecule has 1 amide bonds. The van der Waals surface area contributed by atoms with E-state index in [1.807, 2.05) is 0 Å². The number of rotatable bonds is 5. The average Bonchev–Trinajstić information content (AvgIpc) is 3.04. The lowest BCUT2D eigenvalue weighted by molar-refractivity contribution is -0.137. The lowest BCUT2D eigenvalue weighted by Gasteiger charge is -2.17. The van der Waals surface area contributed by atoms with Crippen molar-refractivity contribution in [2.75, 3.05) is 5.32 Å². The van der Waals surface area contributed by atoms with Crippen molar-refractivity contribution in [1.82, 2.24) is 20.2 Å². The highest BCUT2D eigenvalue weighted by molar-refractivity contribution is 8.00. The number of carbonyl (C=O) groups is 1. The van der Waals surface area contributed by atoms with Crippen LogP contribution in [0.2, 0.25) is 0 Å². The molecule has 2 aromatic carbocycles. The number of aryl methyl sites for hydroxylation is 1. The van der Waals surface area contributed by atoms with Gasteiger partial charge < -0.3 is 5.32 Å². The fourth-order valence-corrected chi connectivity index (χ4v) is 3.25. The van der Waals surface area contributed by atoms with Gasteiger partial charge in [-0.05, 0) is 34.2 Å². The van der Waals surface area contributed by atoms with E-state index < -0.39 is 22.9 Å². The van der Waals surface area contributed by atoms with E-state index in [4.69, 9.17) is 0 Å². The molecule has 0 fully saturated rings. The summed E-state index contributed by atoms with van der Waals surface area (Å²) in [5, 5.41) is 13.3. The minimum Gasteiger partial charge on any atom is -0.325 e. The summed E-state index contributed by atoms with van der Waals surface area (Å²) in [6.45, 7) is 0. The van der Waals surface area contributed by atoms with Crippen LogP contribution >= 0.6 is 11.8 Å². The van der Waals surface area contributed by atoms with E-state index in [0.29, 0.717) is 10.7 Å². The maximum absolute atomic E-state index is 12.9. The van der Waals surface area contributed by atoms with Crippen LogP contribution < -0.4 is 5.32 Å². The molecule has 0 aliphatic heterocycles. The van der Waals surface area contributed by atoms with Gasteiger partial charge in [-0.3, -0.25) is 4.79 Å². The van der Waals surface area contributed by atoms with Crippen LogP contribution in [-0.2, 0) is 18.0 Å². The smallest absolute Gasteiger partial charge is 0.325 e. The minimum absolute atomic E-state index is 0.0625. The topological polar surface area (TPSA) is 72.7 Å². The highest BCUT2D eigenvalue weighted by Gasteiger charge is 2.31. The summed E-state index contributed by atoms with van der Waals surface area (Å²) in [4.78, 5) is 12.8. The van der Waals surface area contributed by atoms with E-state index in [0.717, 1.165) is 23.9 Å². The van der Waals surface area contributed by atoms with E-state index in [9.17, 15) is 18.0 Å². The van der Waals surface area contributed by atoms with Gasteiger partial charge in [0.15, 0.2) is 0 Å². The molecule has 0 aliphatic carbocycles. The van der Waals surface area contributed by atoms with Gasteiger partial charge in [-0.15, -0.1) is 5.10 Å². The summed E-state index contributed by atoms with van der Waals surface area (Å²) in [7, 11) is 1.63. The Morgan fingerprint density at radius 1 is 1.15 bits per heavy atom. The lowest BCUT2D eigenvalue weighted by atomic mass is 10.1. The summed E-state index contributed by atoms with van der Waals surface area (Å²) < 4.78 is 40.1. The average molecular weight is 393 g/mol. The molecule has 140 valence electrons. The van der Waals surface area contributed by atoms with Crippen molar-refractivity contribution in [2.45, 2.75) is 16.6 Å². The number of hydrogen-bond donors (Lipinski definition) is 1. The Bertz CT molecular complexity index is 930. The third-order valence-corrected chi connectivity index (χ3v) is 4.88. The first-order valence-corrected chi connectivity index (χ1v) is 8.64. The molecule has 0 saturated carbocycles. The quantitative estimate of drug-likeness (QED) is 0.669. The van der Waals surface area contributed by atoms with Gasteiger partial charge in [-0.1, -0.05) is 48.2 Å². The second-order valence-corrected chi connectivity index (χ2v) is 6.63. The largest absolute Gasteiger partial charge is 0.416 e. The van der Waals surface area contributed by atoms with E-state index in [2.05, 4.69) is 20.8 Å². The number of benzene rings is 2. The Hall–Kier alpha value is -2.88. The van der Waals surface area contributed by atoms with Crippen molar-refractivity contribution in [3.8, 4) is 0 Å². The molecule has 0 radical (unpaired) electrons. The maximum Gasteiger partial charge on any atom is 0.416 e. The van der Waals surface area contributed by atoms with Crippen LogP contribution in [0.5, 0.6) is 0 Å². The maximum atomic E-state index is 12.9. The van der Waals surface area contributed by atoms with Crippen molar-refractivity contribution < 1.29 is 18.0 Å². The van der Waals surface area contributed by atoms with Gasteiger partial charge in [0, 0.05) is 12.7 Å². The van der Waals surface area contributed by atoms with Crippen LogP contribution in [-0.4, -0.2) is 26.1 Å². The fraction of sp³-hybridized carbons (Fsp3) is 0.176. The number of anilines is 1. The van der Waals surface area contributed by atoms with Crippen molar-refractivity contribution >= 4 is 23.4 Å². The first-order valence-electron chi connectivity index (χ1n) is 7.76. The first-order chi connectivity index (χ1) is 12.8. The Balaban J connectivity index is 1.86. The Morgan fingerprint density at radius 2 is 1.89 bits per heavy atom. The number of amides is 1. The normalized spacial score (nSPS) is 12.6. The van der Waals surface area contributed by atoms with Crippen LogP contribution in [0.4, 0.5) is 18.9 Å².